The van der Waals surface area contributed by atoms with Gasteiger partial charge in [-0.2, -0.15) is 0 Å². The van der Waals surface area contributed by atoms with Crippen LogP contribution in [0.3, 0.4) is 0 Å². The van der Waals surface area contributed by atoms with Crippen molar-refractivity contribution in [2.24, 2.45) is 0 Å². The van der Waals surface area contributed by atoms with Crippen LogP contribution in [0, 0.1) is 0 Å². The minimum absolute atomic E-state index is 0.273. The van der Waals surface area contributed by atoms with Gasteiger partial charge in [-0.3, -0.25) is 9.59 Å². The first-order valence-electron chi connectivity index (χ1n) is 7.53. The van der Waals surface area contributed by atoms with Crippen LogP contribution in [0.2, 0.25) is 0 Å². The number of carbonyl (C=O) groups is 2. The van der Waals surface area contributed by atoms with Crippen LogP contribution in [0.4, 0.5) is 0 Å². The monoisotopic (exact) mass is 339 g/mol. The lowest BCUT2D eigenvalue weighted by Crippen LogP contribution is -1.97. The molecule has 128 valence electrons. The average Bonchev–Trinajstić information content (AvgIpc) is 3.04. The van der Waals surface area contributed by atoms with E-state index in [2.05, 4.69) is 4.98 Å². The Morgan fingerprint density at radius 2 is 1.56 bits per heavy atom. The van der Waals surface area contributed by atoms with Gasteiger partial charge >= 0.3 is 0 Å². The number of benzene rings is 2. The molecule has 0 radical (unpaired) electrons. The fourth-order valence-corrected chi connectivity index (χ4v) is 2.95. The largest absolute Gasteiger partial charge is 0.497 e. The van der Waals surface area contributed by atoms with Gasteiger partial charge in [-0.1, -0.05) is 0 Å². The van der Waals surface area contributed by atoms with Crippen molar-refractivity contribution >= 4 is 23.5 Å². The molecule has 0 atom stereocenters. The molecule has 0 saturated carbocycles. The topological polar surface area (TPSA) is 77.6 Å². The fourth-order valence-electron chi connectivity index (χ4n) is 2.95. The summed E-state index contributed by atoms with van der Waals surface area (Å²) in [6.07, 6.45) is 1.40. The molecule has 1 heterocycles. The third-order valence-corrected chi connectivity index (χ3v) is 4.12. The van der Waals surface area contributed by atoms with Gasteiger partial charge in [-0.15, -0.1) is 0 Å². The molecule has 0 aliphatic rings. The Bertz CT molecular complexity index is 941. The number of hydrogen-bond donors (Lipinski definition) is 1. The van der Waals surface area contributed by atoms with Gasteiger partial charge < -0.3 is 19.2 Å². The van der Waals surface area contributed by atoms with E-state index in [1.165, 1.54) is 14.2 Å². The third kappa shape index (κ3) is 2.61. The van der Waals surface area contributed by atoms with E-state index in [9.17, 15) is 9.59 Å². The normalized spacial score (nSPS) is 10.5. The number of methoxy groups -OCH3 is 3. The smallest absolute Gasteiger partial charge is 0.172 e. The van der Waals surface area contributed by atoms with Crippen molar-refractivity contribution in [1.82, 2.24) is 4.98 Å². The lowest BCUT2D eigenvalue weighted by atomic mass is 10.0. The van der Waals surface area contributed by atoms with E-state index in [-0.39, 0.29) is 5.56 Å². The predicted molar refractivity (Wildman–Crippen MR) is 94.2 cm³/mol. The van der Waals surface area contributed by atoms with Gasteiger partial charge in [0.15, 0.2) is 24.1 Å². The van der Waals surface area contributed by atoms with Crippen LogP contribution in [0.5, 0.6) is 17.2 Å². The predicted octanol–water partition coefficient (Wildman–Crippen LogP) is 3.49. The third-order valence-electron chi connectivity index (χ3n) is 4.12. The van der Waals surface area contributed by atoms with Gasteiger partial charge in [0.2, 0.25) is 0 Å². The Morgan fingerprint density at radius 3 is 2.08 bits per heavy atom. The lowest BCUT2D eigenvalue weighted by Gasteiger charge is -2.10. The summed E-state index contributed by atoms with van der Waals surface area (Å²) in [7, 11) is 4.53. The van der Waals surface area contributed by atoms with E-state index >= 15 is 0 Å². The van der Waals surface area contributed by atoms with E-state index in [0.29, 0.717) is 45.7 Å². The number of carbonyl (C=O) groups excluding carboxylic acids is 2. The molecule has 6 nitrogen and oxygen atoms in total. The summed E-state index contributed by atoms with van der Waals surface area (Å²) in [5.41, 5.74) is 2.70. The van der Waals surface area contributed by atoms with Crippen LogP contribution in [0.25, 0.3) is 22.2 Å². The minimum Gasteiger partial charge on any atom is -0.497 e. The molecule has 0 unspecified atom stereocenters. The van der Waals surface area contributed by atoms with Gasteiger partial charge in [-0.05, 0) is 29.8 Å². The summed E-state index contributed by atoms with van der Waals surface area (Å²) >= 11 is 0. The molecule has 3 rings (SSSR count). The number of aldehydes is 2. The van der Waals surface area contributed by atoms with Crippen molar-refractivity contribution in [2.45, 2.75) is 0 Å². The maximum atomic E-state index is 11.8. The van der Waals surface area contributed by atoms with Crippen LogP contribution < -0.4 is 14.2 Å². The van der Waals surface area contributed by atoms with E-state index in [1.807, 2.05) is 12.1 Å². The van der Waals surface area contributed by atoms with E-state index < -0.39 is 0 Å². The van der Waals surface area contributed by atoms with E-state index in [4.69, 9.17) is 14.2 Å². The van der Waals surface area contributed by atoms with Crippen molar-refractivity contribution in [1.29, 1.82) is 0 Å². The first kappa shape index (κ1) is 16.6. The van der Waals surface area contributed by atoms with Crippen molar-refractivity contribution < 1.29 is 23.8 Å². The first-order valence-corrected chi connectivity index (χ1v) is 7.53. The fraction of sp³-hybridized carbons (Fsp3) is 0.158. The number of rotatable bonds is 6. The summed E-state index contributed by atoms with van der Waals surface area (Å²) in [4.78, 5) is 26.7. The number of ether oxygens (including phenoxy) is 3. The molecule has 1 aromatic heterocycles. The van der Waals surface area contributed by atoms with Crippen LogP contribution in [-0.4, -0.2) is 38.9 Å². The van der Waals surface area contributed by atoms with Gasteiger partial charge in [0.1, 0.15) is 5.75 Å². The Labute approximate surface area is 144 Å². The minimum atomic E-state index is 0.273. The zero-order valence-corrected chi connectivity index (χ0v) is 14.1. The Balaban J connectivity index is 2.34. The van der Waals surface area contributed by atoms with E-state index in [1.54, 1.807) is 25.3 Å². The quantitative estimate of drug-likeness (QED) is 0.696. The highest BCUT2D eigenvalue weighted by atomic mass is 16.5. The Hall–Kier alpha value is -3.28. The Morgan fingerprint density at radius 1 is 0.880 bits per heavy atom. The van der Waals surface area contributed by atoms with Crippen molar-refractivity contribution in [3.8, 4) is 28.5 Å². The van der Waals surface area contributed by atoms with Crippen LogP contribution in [0.1, 0.15) is 20.7 Å². The molecule has 0 aliphatic heterocycles. The number of nitrogens with one attached hydrogen (secondary N) is 1. The first-order chi connectivity index (χ1) is 12.2. The highest BCUT2D eigenvalue weighted by Crippen LogP contribution is 2.40. The Kier molecular flexibility index (Phi) is 4.43. The van der Waals surface area contributed by atoms with Gasteiger partial charge in [-0.25, -0.2) is 0 Å². The zero-order chi connectivity index (χ0) is 18.0. The molecule has 2 aromatic carbocycles. The standard InChI is InChI=1S/C19H17NO5/c1-23-12-6-4-11(5-7-12)18-13(9-21)17-14(10-22)19(25-3)16(24-2)8-15(17)20-18/h4-10,20H,1-3H3. The number of hydrogen-bond acceptors (Lipinski definition) is 5. The number of aromatic amines is 1. The van der Waals surface area contributed by atoms with Gasteiger partial charge in [0.05, 0.1) is 38.1 Å². The lowest BCUT2D eigenvalue weighted by molar-refractivity contribution is 0.111. The maximum Gasteiger partial charge on any atom is 0.172 e. The highest BCUT2D eigenvalue weighted by Gasteiger charge is 2.22. The summed E-state index contributed by atoms with van der Waals surface area (Å²) in [6, 6.07) is 8.99. The maximum absolute atomic E-state index is 11.8. The molecular formula is C19H17NO5. The molecule has 0 aliphatic carbocycles. The summed E-state index contributed by atoms with van der Waals surface area (Å²) < 4.78 is 15.8. The number of fused-ring (bicyclic) bond motifs is 1. The summed E-state index contributed by atoms with van der Waals surface area (Å²) in [6.45, 7) is 0. The highest BCUT2D eigenvalue weighted by molar-refractivity contribution is 6.12. The molecule has 1 N–H and O–H groups in total. The second kappa shape index (κ2) is 6.68. The summed E-state index contributed by atoms with van der Waals surface area (Å²) in [5.74, 6) is 1.43. The van der Waals surface area contributed by atoms with Crippen molar-refractivity contribution in [3.05, 3.63) is 41.5 Å². The number of aromatic nitrogens is 1. The molecule has 0 bridgehead atoms. The second-order valence-electron chi connectivity index (χ2n) is 5.33. The molecule has 0 amide bonds. The van der Waals surface area contributed by atoms with Crippen molar-refractivity contribution in [2.75, 3.05) is 21.3 Å². The molecule has 0 fully saturated rings. The van der Waals surface area contributed by atoms with Gasteiger partial charge in [0, 0.05) is 17.0 Å². The van der Waals surface area contributed by atoms with Crippen LogP contribution in [0.15, 0.2) is 30.3 Å². The van der Waals surface area contributed by atoms with Crippen molar-refractivity contribution in [3.63, 3.8) is 0 Å². The molecule has 6 heteroatoms. The molecule has 0 saturated heterocycles. The summed E-state index contributed by atoms with van der Waals surface area (Å²) in [5, 5.41) is 0.508. The average molecular weight is 339 g/mol. The second-order valence-corrected chi connectivity index (χ2v) is 5.33. The molecule has 0 spiro atoms. The van der Waals surface area contributed by atoms with Crippen LogP contribution in [-0.2, 0) is 0 Å². The molecule has 25 heavy (non-hydrogen) atoms. The SMILES string of the molecule is COc1ccc(-c2[nH]c3cc(OC)c(OC)c(C=O)c3c2C=O)cc1. The number of H-pyrrole nitrogens is 1. The van der Waals surface area contributed by atoms with Gasteiger partial charge in [0.25, 0.3) is 0 Å². The molecular weight excluding hydrogens is 322 g/mol. The molecule has 3 aromatic rings. The van der Waals surface area contributed by atoms with Crippen LogP contribution >= 0.6 is 0 Å². The zero-order valence-electron chi connectivity index (χ0n) is 14.1. The van der Waals surface area contributed by atoms with E-state index in [0.717, 1.165) is 11.8 Å².